The van der Waals surface area contributed by atoms with Crippen molar-refractivity contribution in [3.63, 3.8) is 0 Å². The van der Waals surface area contributed by atoms with Crippen LogP contribution in [0, 0.1) is 10.1 Å². The number of carbonyl (C=O) groups excluding carboxylic acids is 2. The highest BCUT2D eigenvalue weighted by Gasteiger charge is 2.17. The minimum atomic E-state index is -0.668. The number of halogens is 1. The van der Waals surface area contributed by atoms with Gasteiger partial charge in [-0.05, 0) is 36.4 Å². The van der Waals surface area contributed by atoms with E-state index in [4.69, 9.17) is 21.1 Å². The maximum absolute atomic E-state index is 12.1. The number of nitrogens with zero attached hydrogens (tertiary/aromatic N) is 1. The quantitative estimate of drug-likeness (QED) is 0.233. The normalized spacial score (nSPS) is 10.2. The van der Waals surface area contributed by atoms with E-state index in [1.807, 2.05) is 0 Å². The van der Waals surface area contributed by atoms with E-state index in [1.54, 1.807) is 30.3 Å². The highest BCUT2D eigenvalue weighted by Crippen LogP contribution is 2.33. The van der Waals surface area contributed by atoms with E-state index in [2.05, 4.69) is 0 Å². The third-order valence-electron chi connectivity index (χ3n) is 3.87. The van der Waals surface area contributed by atoms with Crippen LogP contribution < -0.4 is 4.74 Å². The van der Waals surface area contributed by atoms with Gasteiger partial charge in [-0.3, -0.25) is 14.9 Å². The molecule has 0 bridgehead atoms. The second-order valence-corrected chi connectivity index (χ2v) is 6.30. The van der Waals surface area contributed by atoms with Gasteiger partial charge in [0.2, 0.25) is 5.75 Å². The molecule has 0 aliphatic rings. The number of nitro benzene ring substituents is 1. The van der Waals surface area contributed by atoms with E-state index >= 15 is 0 Å². The first kappa shape index (κ1) is 20.0. The van der Waals surface area contributed by atoms with Gasteiger partial charge in [-0.15, -0.1) is 0 Å². The van der Waals surface area contributed by atoms with Crippen LogP contribution in [-0.2, 0) is 4.74 Å². The first-order valence-electron chi connectivity index (χ1n) is 8.41. The van der Waals surface area contributed by atoms with Gasteiger partial charge < -0.3 is 9.47 Å². The molecule has 0 aromatic heterocycles. The van der Waals surface area contributed by atoms with Crippen LogP contribution in [0.3, 0.4) is 0 Å². The monoisotopic (exact) mass is 411 g/mol. The van der Waals surface area contributed by atoms with Crippen molar-refractivity contribution in [2.75, 3.05) is 6.61 Å². The van der Waals surface area contributed by atoms with Crippen molar-refractivity contribution in [2.24, 2.45) is 0 Å². The lowest BCUT2D eigenvalue weighted by atomic mass is 10.1. The summed E-state index contributed by atoms with van der Waals surface area (Å²) in [7, 11) is 0. The fourth-order valence-corrected chi connectivity index (χ4v) is 2.59. The molecule has 0 radical (unpaired) electrons. The fourth-order valence-electron chi connectivity index (χ4n) is 2.43. The topological polar surface area (TPSA) is 95.7 Å². The Morgan fingerprint density at radius 3 is 2.28 bits per heavy atom. The summed E-state index contributed by atoms with van der Waals surface area (Å²) in [6.45, 7) is -0.377. The molecule has 3 aromatic carbocycles. The molecule has 0 aliphatic heterocycles. The minimum Gasteiger partial charge on any atom is -0.454 e. The molecule has 0 aliphatic carbocycles. The van der Waals surface area contributed by atoms with Crippen molar-refractivity contribution >= 4 is 29.0 Å². The number of rotatable bonds is 7. The van der Waals surface area contributed by atoms with Crippen molar-refractivity contribution in [2.45, 2.75) is 0 Å². The van der Waals surface area contributed by atoms with Crippen LogP contribution in [0.5, 0.6) is 11.5 Å². The number of ketones is 1. The number of benzene rings is 3. The molecule has 0 N–H and O–H groups in total. The second kappa shape index (κ2) is 8.99. The SMILES string of the molecule is O=C(COC(=O)c1ccc(Oc2ccc(Cl)cc2[N+](=O)[O-])cc1)c1ccccc1. The van der Waals surface area contributed by atoms with Gasteiger partial charge >= 0.3 is 11.7 Å². The van der Waals surface area contributed by atoms with Gasteiger partial charge in [-0.25, -0.2) is 4.79 Å². The number of carbonyl (C=O) groups is 2. The molecule has 146 valence electrons. The van der Waals surface area contributed by atoms with E-state index in [0.29, 0.717) is 5.56 Å². The Hall–Kier alpha value is -3.71. The van der Waals surface area contributed by atoms with Crippen LogP contribution in [0.1, 0.15) is 20.7 Å². The Bertz CT molecular complexity index is 1050. The highest BCUT2D eigenvalue weighted by atomic mass is 35.5. The lowest BCUT2D eigenvalue weighted by molar-refractivity contribution is -0.385. The fraction of sp³-hybridized carbons (Fsp3) is 0.0476. The molecule has 7 nitrogen and oxygen atoms in total. The molecule has 8 heteroatoms. The standard InChI is InChI=1S/C21H14ClNO6/c22-16-8-11-20(18(12-16)23(26)27)29-17-9-6-15(7-10-17)21(25)28-13-19(24)14-4-2-1-3-5-14/h1-12H,13H2. The molecule has 0 heterocycles. The lowest BCUT2D eigenvalue weighted by Crippen LogP contribution is -2.14. The molecule has 3 rings (SSSR count). The molecular weight excluding hydrogens is 398 g/mol. The van der Waals surface area contributed by atoms with Crippen LogP contribution in [0.15, 0.2) is 72.8 Å². The van der Waals surface area contributed by atoms with E-state index < -0.39 is 10.9 Å². The number of Topliss-reactive ketones (excluding diaryl/α,β-unsaturated/α-hetero) is 1. The zero-order valence-corrected chi connectivity index (χ0v) is 15.7. The summed E-state index contributed by atoms with van der Waals surface area (Å²) in [6, 6.07) is 18.4. The van der Waals surface area contributed by atoms with Crippen LogP contribution >= 0.6 is 11.6 Å². The Labute approximate surface area is 170 Å². The molecule has 0 amide bonds. The van der Waals surface area contributed by atoms with E-state index in [9.17, 15) is 19.7 Å². The van der Waals surface area contributed by atoms with Gasteiger partial charge in [-0.2, -0.15) is 0 Å². The summed E-state index contributed by atoms with van der Waals surface area (Å²) in [6.07, 6.45) is 0. The molecule has 0 fully saturated rings. The van der Waals surface area contributed by atoms with Gasteiger partial charge in [0.25, 0.3) is 0 Å². The molecular formula is C21H14ClNO6. The van der Waals surface area contributed by atoms with Crippen LogP contribution in [-0.4, -0.2) is 23.3 Å². The van der Waals surface area contributed by atoms with E-state index in [1.165, 1.54) is 42.5 Å². The zero-order valence-electron chi connectivity index (χ0n) is 14.9. The summed E-state index contributed by atoms with van der Waals surface area (Å²) < 4.78 is 10.5. The summed E-state index contributed by atoms with van der Waals surface area (Å²) in [4.78, 5) is 34.6. The summed E-state index contributed by atoms with van der Waals surface area (Å²) in [5.74, 6) is -0.678. The second-order valence-electron chi connectivity index (χ2n) is 5.86. The molecule has 0 saturated carbocycles. The number of hydrogen-bond acceptors (Lipinski definition) is 6. The predicted molar refractivity (Wildman–Crippen MR) is 106 cm³/mol. The van der Waals surface area contributed by atoms with Gasteiger partial charge in [-0.1, -0.05) is 41.9 Å². The van der Waals surface area contributed by atoms with Crippen molar-refractivity contribution in [1.29, 1.82) is 0 Å². The van der Waals surface area contributed by atoms with Crippen molar-refractivity contribution in [1.82, 2.24) is 0 Å². The molecule has 0 saturated heterocycles. The number of nitro groups is 1. The van der Waals surface area contributed by atoms with Crippen LogP contribution in [0.2, 0.25) is 5.02 Å². The minimum absolute atomic E-state index is 0.0168. The van der Waals surface area contributed by atoms with Gasteiger partial charge in [0.15, 0.2) is 12.4 Å². The molecule has 0 spiro atoms. The van der Waals surface area contributed by atoms with Crippen LogP contribution in [0.4, 0.5) is 5.69 Å². The maximum Gasteiger partial charge on any atom is 0.338 e. The molecule has 0 unspecified atom stereocenters. The van der Waals surface area contributed by atoms with Crippen molar-refractivity contribution < 1.29 is 24.0 Å². The van der Waals surface area contributed by atoms with Crippen LogP contribution in [0.25, 0.3) is 0 Å². The summed E-state index contributed by atoms with van der Waals surface area (Å²) >= 11 is 5.78. The summed E-state index contributed by atoms with van der Waals surface area (Å²) in [5.41, 5.74) is 0.387. The largest absolute Gasteiger partial charge is 0.454 e. The number of ether oxygens (including phenoxy) is 2. The average Bonchev–Trinajstić information content (AvgIpc) is 2.74. The van der Waals surface area contributed by atoms with Crippen molar-refractivity contribution in [3.05, 3.63) is 99.1 Å². The molecule has 3 aromatic rings. The third-order valence-corrected chi connectivity index (χ3v) is 4.10. The smallest absolute Gasteiger partial charge is 0.338 e. The summed E-state index contributed by atoms with van der Waals surface area (Å²) in [5, 5.41) is 11.3. The van der Waals surface area contributed by atoms with Crippen molar-refractivity contribution in [3.8, 4) is 11.5 Å². The Kier molecular flexibility index (Phi) is 6.21. The molecule has 0 atom stereocenters. The predicted octanol–water partition coefficient (Wildman–Crippen LogP) is 5.08. The van der Waals surface area contributed by atoms with E-state index in [0.717, 1.165) is 0 Å². The zero-order chi connectivity index (χ0) is 20.8. The maximum atomic E-state index is 12.1. The molecule has 29 heavy (non-hydrogen) atoms. The first-order valence-corrected chi connectivity index (χ1v) is 8.79. The Balaban J connectivity index is 1.64. The number of hydrogen-bond donors (Lipinski definition) is 0. The van der Waals surface area contributed by atoms with Gasteiger partial charge in [0, 0.05) is 16.7 Å². The Morgan fingerprint density at radius 2 is 1.62 bits per heavy atom. The lowest BCUT2D eigenvalue weighted by Gasteiger charge is -2.08. The average molecular weight is 412 g/mol. The number of esters is 1. The first-order chi connectivity index (χ1) is 13.9. The van der Waals surface area contributed by atoms with E-state index in [-0.39, 0.29) is 40.2 Å². The third kappa shape index (κ3) is 5.18. The van der Waals surface area contributed by atoms with Gasteiger partial charge in [0.05, 0.1) is 10.5 Å². The Morgan fingerprint density at radius 1 is 0.931 bits per heavy atom. The van der Waals surface area contributed by atoms with Gasteiger partial charge in [0.1, 0.15) is 5.75 Å². The highest BCUT2D eigenvalue weighted by molar-refractivity contribution is 6.30.